The van der Waals surface area contributed by atoms with Crippen LogP contribution in [0.3, 0.4) is 0 Å². The van der Waals surface area contributed by atoms with Gasteiger partial charge in [-0.2, -0.15) is 4.98 Å². The summed E-state index contributed by atoms with van der Waals surface area (Å²) >= 11 is 0. The molecule has 0 spiro atoms. The zero-order valence-corrected chi connectivity index (χ0v) is 20.4. The number of nitrogens with one attached hydrogen (secondary N) is 2. The first-order chi connectivity index (χ1) is 17.5. The van der Waals surface area contributed by atoms with Crippen LogP contribution < -0.4 is 10.6 Å². The van der Waals surface area contributed by atoms with Gasteiger partial charge in [0, 0.05) is 31.1 Å². The van der Waals surface area contributed by atoms with E-state index >= 15 is 0 Å². The summed E-state index contributed by atoms with van der Waals surface area (Å²) in [6.45, 7) is 1.52. The van der Waals surface area contributed by atoms with Gasteiger partial charge in [0.1, 0.15) is 11.9 Å². The molecule has 2 amide bonds. The summed E-state index contributed by atoms with van der Waals surface area (Å²) in [5.41, 5.74) is 3.04. The summed E-state index contributed by atoms with van der Waals surface area (Å²) in [7, 11) is 0. The standard InChI is InChI=1S/C27H30N6O3/c1-19(34)31-27(16-6-2-3-7-17-27)26-30-25(36-32-26)15-14-24(35)29-20-10-12-21(13-11-20)33-18-28-22-8-4-5-9-23(22)33/h4-5,8-13,18H,2-3,6-7,14-17H2,1H3,(H,29,35)(H,31,34). The molecule has 1 fully saturated rings. The molecule has 0 aliphatic heterocycles. The molecule has 0 unspecified atom stereocenters. The summed E-state index contributed by atoms with van der Waals surface area (Å²) in [6.07, 6.45) is 8.18. The van der Waals surface area contributed by atoms with Crippen molar-refractivity contribution in [2.45, 2.75) is 63.8 Å². The lowest BCUT2D eigenvalue weighted by molar-refractivity contribution is -0.121. The molecule has 0 radical (unpaired) electrons. The van der Waals surface area contributed by atoms with Crippen LogP contribution in [0.4, 0.5) is 5.69 Å². The highest BCUT2D eigenvalue weighted by atomic mass is 16.5. The van der Waals surface area contributed by atoms with Crippen LogP contribution in [0.2, 0.25) is 0 Å². The zero-order chi connectivity index (χ0) is 25.0. The maximum atomic E-state index is 12.6. The van der Waals surface area contributed by atoms with Crippen molar-refractivity contribution >= 4 is 28.5 Å². The summed E-state index contributed by atoms with van der Waals surface area (Å²) in [6, 6.07) is 15.6. The lowest BCUT2D eigenvalue weighted by atomic mass is 9.89. The molecule has 0 bridgehead atoms. The van der Waals surface area contributed by atoms with Crippen LogP contribution in [0.15, 0.2) is 59.4 Å². The Labute approximate surface area is 209 Å². The maximum Gasteiger partial charge on any atom is 0.227 e. The minimum Gasteiger partial charge on any atom is -0.343 e. The summed E-state index contributed by atoms with van der Waals surface area (Å²) < 4.78 is 7.47. The fourth-order valence-corrected chi connectivity index (χ4v) is 4.94. The monoisotopic (exact) mass is 486 g/mol. The van der Waals surface area contributed by atoms with E-state index in [1.165, 1.54) is 6.92 Å². The number of carbonyl (C=O) groups is 2. The van der Waals surface area contributed by atoms with Crippen LogP contribution in [0.1, 0.15) is 63.6 Å². The first kappa shape index (κ1) is 23.7. The number of hydrogen-bond donors (Lipinski definition) is 2. The van der Waals surface area contributed by atoms with E-state index in [9.17, 15) is 9.59 Å². The Bertz CT molecular complexity index is 1350. The number of anilines is 1. The van der Waals surface area contributed by atoms with E-state index in [-0.39, 0.29) is 18.2 Å². The van der Waals surface area contributed by atoms with Crippen LogP contribution >= 0.6 is 0 Å². The number of aromatic nitrogens is 4. The third-order valence-electron chi connectivity index (χ3n) is 6.72. The van der Waals surface area contributed by atoms with Crippen molar-refractivity contribution in [2.24, 2.45) is 0 Å². The smallest absolute Gasteiger partial charge is 0.227 e. The number of nitrogens with zero attached hydrogens (tertiary/aromatic N) is 4. The molecule has 36 heavy (non-hydrogen) atoms. The predicted molar refractivity (Wildman–Crippen MR) is 136 cm³/mol. The second kappa shape index (κ2) is 10.3. The molecule has 0 saturated heterocycles. The van der Waals surface area contributed by atoms with Gasteiger partial charge in [0.15, 0.2) is 5.82 Å². The number of benzene rings is 2. The Kier molecular flexibility index (Phi) is 6.79. The molecule has 5 rings (SSSR count). The Balaban J connectivity index is 1.20. The normalized spacial score (nSPS) is 15.4. The number of hydrogen-bond acceptors (Lipinski definition) is 6. The number of rotatable bonds is 7. The van der Waals surface area contributed by atoms with Gasteiger partial charge in [-0.25, -0.2) is 4.98 Å². The van der Waals surface area contributed by atoms with E-state index < -0.39 is 5.54 Å². The minimum atomic E-state index is -0.589. The number of amides is 2. The third-order valence-corrected chi connectivity index (χ3v) is 6.72. The molecule has 4 aromatic rings. The molecule has 9 heteroatoms. The molecule has 1 aliphatic carbocycles. The van der Waals surface area contributed by atoms with Gasteiger partial charge in [-0.05, 0) is 49.2 Å². The van der Waals surface area contributed by atoms with E-state index in [0.29, 0.717) is 23.8 Å². The topological polar surface area (TPSA) is 115 Å². The van der Waals surface area contributed by atoms with Crippen molar-refractivity contribution in [1.29, 1.82) is 0 Å². The quantitative estimate of drug-likeness (QED) is 0.367. The molecular formula is C27H30N6O3. The molecule has 1 aliphatic rings. The Hall–Kier alpha value is -4.01. The van der Waals surface area contributed by atoms with Crippen molar-refractivity contribution in [1.82, 2.24) is 25.0 Å². The predicted octanol–water partition coefficient (Wildman–Crippen LogP) is 4.67. The highest BCUT2D eigenvalue weighted by Crippen LogP contribution is 2.34. The number of aryl methyl sites for hydroxylation is 1. The number of para-hydroxylation sites is 2. The highest BCUT2D eigenvalue weighted by molar-refractivity contribution is 5.91. The van der Waals surface area contributed by atoms with E-state index in [1.54, 1.807) is 6.33 Å². The van der Waals surface area contributed by atoms with E-state index in [0.717, 1.165) is 55.2 Å². The molecule has 186 valence electrons. The SMILES string of the molecule is CC(=O)NC1(c2noc(CCC(=O)Nc3ccc(-n4cnc5ccccc54)cc3)n2)CCCCCC1. The molecule has 2 N–H and O–H groups in total. The van der Waals surface area contributed by atoms with Crippen LogP contribution in [-0.2, 0) is 21.5 Å². The zero-order valence-electron chi connectivity index (χ0n) is 20.4. The number of imidazole rings is 1. The van der Waals surface area contributed by atoms with Crippen molar-refractivity contribution in [2.75, 3.05) is 5.32 Å². The Morgan fingerprint density at radius 1 is 1.03 bits per heavy atom. The van der Waals surface area contributed by atoms with Crippen LogP contribution in [0.5, 0.6) is 0 Å². The molecule has 1 saturated carbocycles. The van der Waals surface area contributed by atoms with Gasteiger partial charge in [-0.1, -0.05) is 43.0 Å². The van der Waals surface area contributed by atoms with Crippen LogP contribution in [0, 0.1) is 0 Å². The second-order valence-electron chi connectivity index (χ2n) is 9.39. The lowest BCUT2D eigenvalue weighted by Crippen LogP contribution is -2.45. The lowest BCUT2D eigenvalue weighted by Gasteiger charge is -2.30. The van der Waals surface area contributed by atoms with Gasteiger partial charge in [-0.3, -0.25) is 14.2 Å². The molecule has 0 atom stereocenters. The van der Waals surface area contributed by atoms with Gasteiger partial charge in [-0.15, -0.1) is 0 Å². The first-order valence-electron chi connectivity index (χ1n) is 12.5. The average Bonchev–Trinajstić information content (AvgIpc) is 3.46. The van der Waals surface area contributed by atoms with Crippen molar-refractivity contribution < 1.29 is 14.1 Å². The van der Waals surface area contributed by atoms with Gasteiger partial charge < -0.3 is 15.2 Å². The Morgan fingerprint density at radius 2 is 1.78 bits per heavy atom. The van der Waals surface area contributed by atoms with Crippen molar-refractivity contribution in [3.8, 4) is 5.69 Å². The highest BCUT2D eigenvalue weighted by Gasteiger charge is 2.38. The van der Waals surface area contributed by atoms with Crippen LogP contribution in [0.25, 0.3) is 16.7 Å². The number of fused-ring (bicyclic) bond motifs is 1. The van der Waals surface area contributed by atoms with Crippen molar-refractivity contribution in [3.05, 3.63) is 66.6 Å². The van der Waals surface area contributed by atoms with Gasteiger partial charge in [0.25, 0.3) is 0 Å². The fraction of sp³-hybridized carbons (Fsp3) is 0.370. The molecule has 9 nitrogen and oxygen atoms in total. The summed E-state index contributed by atoms with van der Waals surface area (Å²) in [4.78, 5) is 33.4. The third kappa shape index (κ3) is 5.15. The van der Waals surface area contributed by atoms with Gasteiger partial charge in [0.2, 0.25) is 17.7 Å². The van der Waals surface area contributed by atoms with E-state index in [4.69, 9.17) is 4.52 Å². The fourth-order valence-electron chi connectivity index (χ4n) is 4.94. The van der Waals surface area contributed by atoms with Crippen molar-refractivity contribution in [3.63, 3.8) is 0 Å². The Morgan fingerprint density at radius 3 is 2.53 bits per heavy atom. The maximum absolute atomic E-state index is 12.6. The largest absolute Gasteiger partial charge is 0.343 e. The van der Waals surface area contributed by atoms with E-state index in [1.807, 2.05) is 53.1 Å². The first-order valence-corrected chi connectivity index (χ1v) is 12.5. The molecule has 2 aromatic heterocycles. The molecule has 2 aromatic carbocycles. The molecular weight excluding hydrogens is 456 g/mol. The van der Waals surface area contributed by atoms with Gasteiger partial charge in [0.05, 0.1) is 11.0 Å². The van der Waals surface area contributed by atoms with Crippen LogP contribution in [-0.4, -0.2) is 31.5 Å². The number of carbonyl (C=O) groups excluding carboxylic acids is 2. The van der Waals surface area contributed by atoms with Gasteiger partial charge >= 0.3 is 0 Å². The average molecular weight is 487 g/mol. The molecule has 2 heterocycles. The summed E-state index contributed by atoms with van der Waals surface area (Å²) in [5, 5.41) is 10.2. The summed E-state index contributed by atoms with van der Waals surface area (Å²) in [5.74, 6) is 0.672. The second-order valence-corrected chi connectivity index (χ2v) is 9.39. The van der Waals surface area contributed by atoms with E-state index in [2.05, 4.69) is 25.8 Å². The minimum absolute atomic E-state index is 0.102.